The number of ether oxygens (including phenoxy) is 1. The molecule has 1 N–H and O–H groups in total. The molecule has 1 heterocycles. The summed E-state index contributed by atoms with van der Waals surface area (Å²) in [7, 11) is 0. The number of nitrogens with one attached hydrogen (secondary N) is 1. The Kier molecular flexibility index (Phi) is 5.16. The highest BCUT2D eigenvalue weighted by atomic mass is 16.5. The number of hydrogen-bond donors (Lipinski definition) is 1. The van der Waals surface area contributed by atoms with Gasteiger partial charge in [0.1, 0.15) is 0 Å². The standard InChI is InChI=1S/C21H23N3O2/c1-5-26-20(25)15-9-10-18(14(4)11-15)23-21-22-12-16-7-6-8-17(13(2)3)19(16)24-21/h6-13H,5H2,1-4H3,(H,22,23,24). The van der Waals surface area contributed by atoms with Gasteiger partial charge in [-0.25, -0.2) is 14.8 Å². The van der Waals surface area contributed by atoms with Gasteiger partial charge in [-0.2, -0.15) is 0 Å². The van der Waals surface area contributed by atoms with E-state index in [1.807, 2.05) is 31.3 Å². The van der Waals surface area contributed by atoms with Gasteiger partial charge in [0, 0.05) is 17.3 Å². The number of esters is 1. The highest BCUT2D eigenvalue weighted by Crippen LogP contribution is 2.26. The second kappa shape index (κ2) is 7.52. The second-order valence-electron chi connectivity index (χ2n) is 6.51. The van der Waals surface area contributed by atoms with Crippen LogP contribution in [0.3, 0.4) is 0 Å². The Hall–Kier alpha value is -2.95. The van der Waals surface area contributed by atoms with Crippen molar-refractivity contribution in [3.8, 4) is 0 Å². The van der Waals surface area contributed by atoms with Gasteiger partial charge in [0.25, 0.3) is 0 Å². The Morgan fingerprint density at radius 2 is 2.04 bits per heavy atom. The van der Waals surface area contributed by atoms with E-state index >= 15 is 0 Å². The molecule has 0 radical (unpaired) electrons. The Bertz CT molecular complexity index is 951. The third kappa shape index (κ3) is 3.67. The molecule has 0 aliphatic rings. The van der Waals surface area contributed by atoms with Gasteiger partial charge in [0.2, 0.25) is 5.95 Å². The maximum Gasteiger partial charge on any atom is 0.338 e. The van der Waals surface area contributed by atoms with Crippen LogP contribution in [0.15, 0.2) is 42.6 Å². The van der Waals surface area contributed by atoms with E-state index in [4.69, 9.17) is 9.72 Å². The van der Waals surface area contributed by atoms with E-state index < -0.39 is 0 Å². The fourth-order valence-corrected chi connectivity index (χ4v) is 2.87. The summed E-state index contributed by atoms with van der Waals surface area (Å²) in [6.07, 6.45) is 1.83. The molecule has 0 unspecified atom stereocenters. The van der Waals surface area contributed by atoms with Crippen LogP contribution < -0.4 is 5.32 Å². The third-order valence-electron chi connectivity index (χ3n) is 4.25. The number of para-hydroxylation sites is 1. The van der Waals surface area contributed by atoms with Gasteiger partial charge in [-0.15, -0.1) is 0 Å². The summed E-state index contributed by atoms with van der Waals surface area (Å²) in [5.41, 5.74) is 4.48. The maximum atomic E-state index is 11.8. The fourth-order valence-electron chi connectivity index (χ4n) is 2.87. The maximum absolute atomic E-state index is 11.8. The Balaban J connectivity index is 1.91. The molecule has 0 spiro atoms. The molecule has 3 rings (SSSR count). The van der Waals surface area contributed by atoms with Crippen LogP contribution in [-0.4, -0.2) is 22.5 Å². The van der Waals surface area contributed by atoms with E-state index in [-0.39, 0.29) is 5.97 Å². The predicted molar refractivity (Wildman–Crippen MR) is 104 cm³/mol. The molecule has 26 heavy (non-hydrogen) atoms. The Morgan fingerprint density at radius 3 is 2.73 bits per heavy atom. The van der Waals surface area contributed by atoms with Crippen LogP contribution in [0, 0.1) is 6.92 Å². The fraction of sp³-hybridized carbons (Fsp3) is 0.286. The van der Waals surface area contributed by atoms with Crippen molar-refractivity contribution in [1.82, 2.24) is 9.97 Å². The van der Waals surface area contributed by atoms with E-state index in [1.165, 1.54) is 5.56 Å². The first-order valence-electron chi connectivity index (χ1n) is 8.80. The molecule has 3 aromatic rings. The minimum absolute atomic E-state index is 0.314. The quantitative estimate of drug-likeness (QED) is 0.658. The summed E-state index contributed by atoms with van der Waals surface area (Å²) in [5, 5.41) is 4.28. The monoisotopic (exact) mass is 349 g/mol. The van der Waals surface area contributed by atoms with Crippen LogP contribution in [0.1, 0.15) is 48.2 Å². The smallest absolute Gasteiger partial charge is 0.338 e. The number of carbonyl (C=O) groups excluding carboxylic acids is 1. The summed E-state index contributed by atoms with van der Waals surface area (Å²) in [5.74, 6) is 0.607. The molecule has 0 saturated heterocycles. The Morgan fingerprint density at radius 1 is 1.23 bits per heavy atom. The van der Waals surface area contributed by atoms with Gasteiger partial charge < -0.3 is 10.1 Å². The van der Waals surface area contributed by atoms with Crippen LogP contribution in [0.2, 0.25) is 0 Å². The van der Waals surface area contributed by atoms with Gasteiger partial charge in [-0.3, -0.25) is 0 Å². The van der Waals surface area contributed by atoms with Crippen molar-refractivity contribution in [3.05, 3.63) is 59.3 Å². The van der Waals surface area contributed by atoms with Gasteiger partial charge in [-0.05, 0) is 49.1 Å². The average Bonchev–Trinajstić information content (AvgIpc) is 2.62. The van der Waals surface area contributed by atoms with Crippen molar-refractivity contribution >= 4 is 28.5 Å². The first-order chi connectivity index (χ1) is 12.5. The topological polar surface area (TPSA) is 64.1 Å². The largest absolute Gasteiger partial charge is 0.462 e. The second-order valence-corrected chi connectivity index (χ2v) is 6.51. The molecule has 2 aromatic carbocycles. The zero-order chi connectivity index (χ0) is 18.7. The molecule has 0 amide bonds. The van der Waals surface area contributed by atoms with E-state index in [1.54, 1.807) is 19.1 Å². The molecule has 5 heteroatoms. The van der Waals surface area contributed by atoms with Gasteiger partial charge in [0.15, 0.2) is 0 Å². The summed E-state index contributed by atoms with van der Waals surface area (Å²) in [6, 6.07) is 11.6. The molecular weight excluding hydrogens is 326 g/mol. The van der Waals surface area contributed by atoms with Crippen molar-refractivity contribution in [2.45, 2.75) is 33.6 Å². The minimum Gasteiger partial charge on any atom is -0.462 e. The van der Waals surface area contributed by atoms with Gasteiger partial charge in [0.05, 0.1) is 17.7 Å². The molecule has 0 saturated carbocycles. The van der Waals surface area contributed by atoms with E-state index in [9.17, 15) is 4.79 Å². The van der Waals surface area contributed by atoms with Crippen molar-refractivity contribution in [2.24, 2.45) is 0 Å². The molecule has 0 bridgehead atoms. The van der Waals surface area contributed by atoms with Crippen molar-refractivity contribution in [3.63, 3.8) is 0 Å². The number of hydrogen-bond acceptors (Lipinski definition) is 5. The van der Waals surface area contributed by atoms with Crippen LogP contribution in [0.5, 0.6) is 0 Å². The Labute approximate surface area is 153 Å². The molecule has 0 atom stereocenters. The lowest BCUT2D eigenvalue weighted by Crippen LogP contribution is -2.06. The lowest BCUT2D eigenvalue weighted by Gasteiger charge is -2.12. The van der Waals surface area contributed by atoms with E-state index in [2.05, 4.69) is 30.2 Å². The number of benzene rings is 2. The van der Waals surface area contributed by atoms with Gasteiger partial charge >= 0.3 is 5.97 Å². The first kappa shape index (κ1) is 17.9. The molecule has 0 aliphatic heterocycles. The van der Waals surface area contributed by atoms with Crippen molar-refractivity contribution in [2.75, 3.05) is 11.9 Å². The van der Waals surface area contributed by atoms with Gasteiger partial charge in [-0.1, -0.05) is 32.0 Å². The molecule has 0 aliphatic carbocycles. The lowest BCUT2D eigenvalue weighted by molar-refractivity contribution is 0.0526. The number of fused-ring (bicyclic) bond motifs is 1. The summed E-state index contributed by atoms with van der Waals surface area (Å²) in [6.45, 7) is 8.40. The third-order valence-corrected chi connectivity index (χ3v) is 4.25. The molecule has 1 aromatic heterocycles. The van der Waals surface area contributed by atoms with E-state index in [0.29, 0.717) is 24.0 Å². The molecule has 134 valence electrons. The SMILES string of the molecule is CCOC(=O)c1ccc(Nc2ncc3cccc(C(C)C)c3n2)c(C)c1. The number of aromatic nitrogens is 2. The number of nitrogens with zero attached hydrogens (tertiary/aromatic N) is 2. The predicted octanol–water partition coefficient (Wildman–Crippen LogP) is 4.98. The molecular formula is C21H23N3O2. The van der Waals surface area contributed by atoms with Crippen LogP contribution in [0.25, 0.3) is 10.9 Å². The van der Waals surface area contributed by atoms with Crippen LogP contribution in [0.4, 0.5) is 11.6 Å². The highest BCUT2D eigenvalue weighted by molar-refractivity contribution is 5.90. The summed E-state index contributed by atoms with van der Waals surface area (Å²) in [4.78, 5) is 21.0. The summed E-state index contributed by atoms with van der Waals surface area (Å²) >= 11 is 0. The van der Waals surface area contributed by atoms with Crippen LogP contribution >= 0.6 is 0 Å². The number of aryl methyl sites for hydroxylation is 1. The number of anilines is 2. The zero-order valence-electron chi connectivity index (χ0n) is 15.5. The minimum atomic E-state index is -0.314. The average molecular weight is 349 g/mol. The zero-order valence-corrected chi connectivity index (χ0v) is 15.5. The first-order valence-corrected chi connectivity index (χ1v) is 8.80. The van der Waals surface area contributed by atoms with E-state index in [0.717, 1.165) is 22.2 Å². The number of carbonyl (C=O) groups is 1. The normalized spacial score (nSPS) is 11.0. The summed E-state index contributed by atoms with van der Waals surface area (Å²) < 4.78 is 5.04. The number of rotatable bonds is 5. The van der Waals surface area contributed by atoms with Crippen molar-refractivity contribution in [1.29, 1.82) is 0 Å². The highest BCUT2D eigenvalue weighted by Gasteiger charge is 2.11. The lowest BCUT2D eigenvalue weighted by atomic mass is 10.0. The molecule has 0 fully saturated rings. The molecule has 5 nitrogen and oxygen atoms in total. The van der Waals surface area contributed by atoms with Crippen molar-refractivity contribution < 1.29 is 9.53 Å². The van der Waals surface area contributed by atoms with Crippen LogP contribution in [-0.2, 0) is 4.74 Å².